The largest absolute Gasteiger partial charge is 0.472 e. The SMILES string of the molecule is CC(C)(C)C(=O)Nc1cncc(-c2ccc3[nH]nc(-c4nc5c(-c6ccoc6)nccc5[nH]4)c3c2)c1. The van der Waals surface area contributed by atoms with E-state index in [2.05, 4.69) is 30.5 Å². The molecule has 1 aromatic carbocycles. The van der Waals surface area contributed by atoms with Gasteiger partial charge in [0.15, 0.2) is 5.82 Å². The van der Waals surface area contributed by atoms with Crippen LogP contribution >= 0.6 is 0 Å². The standard InChI is InChI=1S/C27H23N7O2/c1-27(2,3)26(35)30-18-10-17(12-28-13-18)15-4-5-20-19(11-15)23(34-33-20)25-31-21-6-8-29-22(24(21)32-25)16-7-9-36-14-16/h4-14H,1-3H3,(H,30,35)(H,31,32)(H,33,34). The minimum Gasteiger partial charge on any atom is -0.472 e. The van der Waals surface area contributed by atoms with Crippen LogP contribution in [0, 0.1) is 5.41 Å². The highest BCUT2D eigenvalue weighted by Gasteiger charge is 2.21. The highest BCUT2D eigenvalue weighted by atomic mass is 16.3. The summed E-state index contributed by atoms with van der Waals surface area (Å²) in [6.07, 6.45) is 8.43. The van der Waals surface area contributed by atoms with Crippen molar-refractivity contribution in [3.8, 4) is 33.9 Å². The van der Waals surface area contributed by atoms with Crippen LogP contribution in [0.25, 0.3) is 55.8 Å². The third-order valence-corrected chi connectivity index (χ3v) is 5.99. The van der Waals surface area contributed by atoms with Crippen LogP contribution in [0.5, 0.6) is 0 Å². The summed E-state index contributed by atoms with van der Waals surface area (Å²) in [5, 5.41) is 11.5. The molecule has 0 bridgehead atoms. The van der Waals surface area contributed by atoms with Crippen molar-refractivity contribution in [3.63, 3.8) is 0 Å². The minimum absolute atomic E-state index is 0.0665. The van der Waals surface area contributed by atoms with Gasteiger partial charge in [-0.05, 0) is 35.9 Å². The van der Waals surface area contributed by atoms with Crippen molar-refractivity contribution in [2.45, 2.75) is 20.8 Å². The second-order valence-electron chi connectivity index (χ2n) is 9.65. The Morgan fingerprint density at radius 1 is 0.972 bits per heavy atom. The lowest BCUT2D eigenvalue weighted by atomic mass is 9.95. The molecular weight excluding hydrogens is 454 g/mol. The Labute approximate surface area is 206 Å². The number of anilines is 1. The van der Waals surface area contributed by atoms with Crippen molar-refractivity contribution in [1.82, 2.24) is 30.1 Å². The fourth-order valence-electron chi connectivity index (χ4n) is 4.02. The predicted molar refractivity (Wildman–Crippen MR) is 138 cm³/mol. The van der Waals surface area contributed by atoms with E-state index in [1.54, 1.807) is 31.1 Å². The number of carbonyl (C=O) groups is 1. The molecule has 6 aromatic rings. The molecule has 0 unspecified atom stereocenters. The highest BCUT2D eigenvalue weighted by Crippen LogP contribution is 2.33. The van der Waals surface area contributed by atoms with Gasteiger partial charge in [-0.15, -0.1) is 0 Å². The number of nitrogens with one attached hydrogen (secondary N) is 3. The van der Waals surface area contributed by atoms with E-state index in [9.17, 15) is 4.79 Å². The number of hydrogen-bond acceptors (Lipinski definition) is 6. The van der Waals surface area contributed by atoms with Crippen LogP contribution < -0.4 is 5.32 Å². The molecule has 6 rings (SSSR count). The first-order chi connectivity index (χ1) is 17.4. The molecule has 0 saturated heterocycles. The molecule has 1 amide bonds. The molecule has 178 valence electrons. The number of furan rings is 1. The van der Waals surface area contributed by atoms with Crippen LogP contribution in [0.4, 0.5) is 5.69 Å². The van der Waals surface area contributed by atoms with Gasteiger partial charge in [0.2, 0.25) is 5.91 Å². The van der Waals surface area contributed by atoms with Gasteiger partial charge in [-0.2, -0.15) is 5.10 Å². The molecule has 0 atom stereocenters. The van der Waals surface area contributed by atoms with E-state index in [1.807, 2.05) is 57.2 Å². The van der Waals surface area contributed by atoms with Gasteiger partial charge in [-0.3, -0.25) is 19.9 Å². The van der Waals surface area contributed by atoms with Gasteiger partial charge in [0.05, 0.1) is 35.4 Å². The average molecular weight is 478 g/mol. The molecule has 0 aliphatic rings. The van der Waals surface area contributed by atoms with Crippen LogP contribution in [-0.2, 0) is 4.79 Å². The number of aromatic nitrogens is 6. The molecule has 0 aliphatic carbocycles. The number of rotatable bonds is 4. The number of amides is 1. The van der Waals surface area contributed by atoms with Crippen LogP contribution in [0.15, 0.2) is 71.9 Å². The molecule has 0 radical (unpaired) electrons. The molecule has 5 aromatic heterocycles. The molecule has 36 heavy (non-hydrogen) atoms. The molecule has 0 aliphatic heterocycles. The Bertz CT molecular complexity index is 1720. The molecule has 0 fully saturated rings. The Morgan fingerprint density at radius 3 is 2.67 bits per heavy atom. The van der Waals surface area contributed by atoms with E-state index >= 15 is 0 Å². The van der Waals surface area contributed by atoms with Gasteiger partial charge in [0.25, 0.3) is 0 Å². The van der Waals surface area contributed by atoms with Crippen LogP contribution in [-0.4, -0.2) is 36.0 Å². The quantitative estimate of drug-likeness (QED) is 0.294. The normalized spacial score (nSPS) is 11.9. The minimum atomic E-state index is -0.500. The Balaban J connectivity index is 1.40. The van der Waals surface area contributed by atoms with Crippen LogP contribution in [0.3, 0.4) is 0 Å². The number of H-pyrrole nitrogens is 2. The number of imidazole rings is 1. The number of carbonyl (C=O) groups excluding carboxylic acids is 1. The van der Waals surface area contributed by atoms with Crippen molar-refractivity contribution in [1.29, 1.82) is 0 Å². The molecule has 9 heteroatoms. The summed E-state index contributed by atoms with van der Waals surface area (Å²) in [5.74, 6) is 0.568. The van der Waals surface area contributed by atoms with E-state index < -0.39 is 5.41 Å². The fraction of sp³-hybridized carbons (Fsp3) is 0.148. The third-order valence-electron chi connectivity index (χ3n) is 5.99. The zero-order chi connectivity index (χ0) is 24.9. The molecule has 3 N–H and O–H groups in total. The van der Waals surface area contributed by atoms with Gasteiger partial charge >= 0.3 is 0 Å². The van der Waals surface area contributed by atoms with Gasteiger partial charge in [-0.1, -0.05) is 26.8 Å². The number of pyridine rings is 2. The van der Waals surface area contributed by atoms with Gasteiger partial charge in [0, 0.05) is 34.3 Å². The zero-order valence-electron chi connectivity index (χ0n) is 20.0. The second kappa shape index (κ2) is 8.16. The van der Waals surface area contributed by atoms with Crippen molar-refractivity contribution in [2.24, 2.45) is 5.41 Å². The maximum absolute atomic E-state index is 12.4. The van der Waals surface area contributed by atoms with Gasteiger partial charge in [-0.25, -0.2) is 4.98 Å². The van der Waals surface area contributed by atoms with Gasteiger partial charge < -0.3 is 14.7 Å². The summed E-state index contributed by atoms with van der Waals surface area (Å²) >= 11 is 0. The van der Waals surface area contributed by atoms with Gasteiger partial charge in [0.1, 0.15) is 16.9 Å². The Morgan fingerprint density at radius 2 is 1.86 bits per heavy atom. The lowest BCUT2D eigenvalue weighted by Gasteiger charge is -2.17. The number of fused-ring (bicyclic) bond motifs is 2. The number of nitrogens with zero attached hydrogens (tertiary/aromatic N) is 4. The van der Waals surface area contributed by atoms with Crippen molar-refractivity contribution >= 4 is 33.5 Å². The van der Waals surface area contributed by atoms with Crippen molar-refractivity contribution in [3.05, 3.63) is 67.5 Å². The lowest BCUT2D eigenvalue weighted by molar-refractivity contribution is -0.123. The van der Waals surface area contributed by atoms with E-state index in [0.29, 0.717) is 17.2 Å². The number of aromatic amines is 2. The fourth-order valence-corrected chi connectivity index (χ4v) is 4.02. The first kappa shape index (κ1) is 21.7. The number of hydrogen-bond donors (Lipinski definition) is 3. The summed E-state index contributed by atoms with van der Waals surface area (Å²) in [6, 6.07) is 11.7. The topological polar surface area (TPSA) is 125 Å². The molecule has 5 heterocycles. The van der Waals surface area contributed by atoms with Crippen LogP contribution in [0.1, 0.15) is 20.8 Å². The third kappa shape index (κ3) is 3.80. The van der Waals surface area contributed by atoms with E-state index in [1.165, 1.54) is 0 Å². The predicted octanol–water partition coefficient (Wildman–Crippen LogP) is 5.81. The maximum Gasteiger partial charge on any atom is 0.229 e. The smallest absolute Gasteiger partial charge is 0.229 e. The Kier molecular flexibility index (Phi) is 4.92. The van der Waals surface area contributed by atoms with Crippen molar-refractivity contribution in [2.75, 3.05) is 5.32 Å². The molecular formula is C27H23N7O2. The molecule has 0 saturated carbocycles. The summed E-state index contributed by atoms with van der Waals surface area (Å²) in [7, 11) is 0. The first-order valence-corrected chi connectivity index (χ1v) is 11.5. The average Bonchev–Trinajstić information content (AvgIpc) is 3.62. The lowest BCUT2D eigenvalue weighted by Crippen LogP contribution is -2.27. The number of benzene rings is 1. The van der Waals surface area contributed by atoms with Crippen molar-refractivity contribution < 1.29 is 9.21 Å². The Hall–Kier alpha value is -4.79. The molecule has 9 nitrogen and oxygen atoms in total. The summed E-state index contributed by atoms with van der Waals surface area (Å²) < 4.78 is 5.23. The summed E-state index contributed by atoms with van der Waals surface area (Å²) in [5.41, 5.74) is 6.76. The van der Waals surface area contributed by atoms with Crippen LogP contribution in [0.2, 0.25) is 0 Å². The van der Waals surface area contributed by atoms with E-state index in [-0.39, 0.29) is 5.91 Å². The summed E-state index contributed by atoms with van der Waals surface area (Å²) in [4.78, 5) is 29.5. The highest BCUT2D eigenvalue weighted by molar-refractivity contribution is 5.98. The first-order valence-electron chi connectivity index (χ1n) is 11.5. The van der Waals surface area contributed by atoms with E-state index in [4.69, 9.17) is 9.40 Å². The maximum atomic E-state index is 12.4. The monoisotopic (exact) mass is 477 g/mol. The molecule has 0 spiro atoms. The second-order valence-corrected chi connectivity index (χ2v) is 9.65. The van der Waals surface area contributed by atoms with E-state index in [0.717, 1.165) is 44.3 Å². The zero-order valence-corrected chi connectivity index (χ0v) is 20.0. The summed E-state index contributed by atoms with van der Waals surface area (Å²) in [6.45, 7) is 5.63.